The van der Waals surface area contributed by atoms with Crippen molar-refractivity contribution in [1.82, 2.24) is 4.31 Å². The Bertz CT molecular complexity index is 1020. The predicted molar refractivity (Wildman–Crippen MR) is 115 cm³/mol. The van der Waals surface area contributed by atoms with Gasteiger partial charge < -0.3 is 10.1 Å². The lowest BCUT2D eigenvalue weighted by Crippen LogP contribution is -2.44. The monoisotopic (exact) mass is 430 g/mol. The first kappa shape index (κ1) is 22.0. The van der Waals surface area contributed by atoms with Gasteiger partial charge in [-0.15, -0.1) is 0 Å². The lowest BCUT2D eigenvalue weighted by molar-refractivity contribution is -0.120. The zero-order valence-corrected chi connectivity index (χ0v) is 17.9. The van der Waals surface area contributed by atoms with Crippen molar-refractivity contribution in [2.75, 3.05) is 25.5 Å². The molecule has 160 valence electrons. The van der Waals surface area contributed by atoms with Crippen LogP contribution in [0.4, 0.5) is 5.69 Å². The molecule has 1 N–H and O–H groups in total. The maximum Gasteiger partial charge on any atom is 0.337 e. The van der Waals surface area contributed by atoms with E-state index in [9.17, 15) is 18.0 Å². The number of carbonyl (C=O) groups is 2. The van der Waals surface area contributed by atoms with Crippen molar-refractivity contribution in [3.05, 3.63) is 65.2 Å². The third-order valence-corrected chi connectivity index (χ3v) is 7.12. The van der Waals surface area contributed by atoms with Crippen molar-refractivity contribution < 1.29 is 22.7 Å². The summed E-state index contributed by atoms with van der Waals surface area (Å²) >= 11 is 0. The Morgan fingerprint density at radius 3 is 2.50 bits per heavy atom. The van der Waals surface area contributed by atoms with Crippen LogP contribution in [0.5, 0.6) is 0 Å². The number of piperidine rings is 1. The fourth-order valence-corrected chi connectivity index (χ4v) is 5.23. The van der Waals surface area contributed by atoms with Crippen LogP contribution in [0, 0.1) is 12.8 Å². The molecule has 2 aromatic rings. The number of sulfonamides is 1. The van der Waals surface area contributed by atoms with Crippen molar-refractivity contribution in [3.63, 3.8) is 0 Å². The number of methoxy groups -OCH3 is 1. The number of nitrogens with one attached hydrogen (secondary N) is 1. The van der Waals surface area contributed by atoms with E-state index in [1.54, 1.807) is 24.3 Å². The van der Waals surface area contributed by atoms with E-state index in [1.165, 1.54) is 11.4 Å². The Morgan fingerprint density at radius 1 is 1.13 bits per heavy atom. The molecule has 1 atom stereocenters. The molecular weight excluding hydrogens is 404 g/mol. The van der Waals surface area contributed by atoms with Crippen LogP contribution in [-0.4, -0.2) is 44.8 Å². The molecule has 0 saturated carbocycles. The van der Waals surface area contributed by atoms with Crippen LogP contribution < -0.4 is 5.32 Å². The van der Waals surface area contributed by atoms with E-state index >= 15 is 0 Å². The maximum atomic E-state index is 12.9. The Labute approximate surface area is 177 Å². The molecule has 1 aliphatic heterocycles. The lowest BCUT2D eigenvalue weighted by Gasteiger charge is -2.31. The molecule has 0 unspecified atom stereocenters. The summed E-state index contributed by atoms with van der Waals surface area (Å²) in [5.41, 5.74) is 2.65. The average molecular weight is 431 g/mol. The number of benzene rings is 2. The molecule has 2 aromatic carbocycles. The second-order valence-corrected chi connectivity index (χ2v) is 9.41. The van der Waals surface area contributed by atoms with Crippen molar-refractivity contribution in [2.45, 2.75) is 25.5 Å². The van der Waals surface area contributed by atoms with E-state index in [1.807, 2.05) is 31.2 Å². The zero-order valence-electron chi connectivity index (χ0n) is 17.1. The summed E-state index contributed by atoms with van der Waals surface area (Å²) < 4.78 is 31.9. The van der Waals surface area contributed by atoms with Gasteiger partial charge in [-0.2, -0.15) is 0 Å². The molecule has 8 heteroatoms. The van der Waals surface area contributed by atoms with Gasteiger partial charge in [0.25, 0.3) is 0 Å². The molecular formula is C22H26N2O5S. The van der Waals surface area contributed by atoms with Crippen molar-refractivity contribution in [2.24, 2.45) is 5.92 Å². The van der Waals surface area contributed by atoms with Gasteiger partial charge in [-0.1, -0.05) is 24.3 Å². The SMILES string of the molecule is COC(=O)c1ccc(NC(=O)[C@H]2CCCN(S(=O)(=O)Cc3ccccc3C)C2)cc1. The molecule has 1 aliphatic rings. The van der Waals surface area contributed by atoms with Gasteiger partial charge in [0.05, 0.1) is 24.3 Å². The van der Waals surface area contributed by atoms with Gasteiger partial charge in [0.15, 0.2) is 0 Å². The van der Waals surface area contributed by atoms with E-state index in [0.29, 0.717) is 30.6 Å². The minimum absolute atomic E-state index is 0.0665. The molecule has 0 radical (unpaired) electrons. The number of anilines is 1. The maximum absolute atomic E-state index is 12.9. The van der Waals surface area contributed by atoms with Crippen LogP contribution in [0.1, 0.15) is 34.3 Å². The Kier molecular flexibility index (Phi) is 6.89. The molecule has 0 aromatic heterocycles. The highest BCUT2D eigenvalue weighted by atomic mass is 32.2. The number of hydrogen-bond donors (Lipinski definition) is 1. The zero-order chi connectivity index (χ0) is 21.7. The number of rotatable bonds is 6. The van der Waals surface area contributed by atoms with E-state index in [4.69, 9.17) is 0 Å². The summed E-state index contributed by atoms with van der Waals surface area (Å²) in [7, 11) is -2.21. The van der Waals surface area contributed by atoms with Crippen LogP contribution in [0.25, 0.3) is 0 Å². The second-order valence-electron chi connectivity index (χ2n) is 7.44. The first-order chi connectivity index (χ1) is 14.3. The van der Waals surface area contributed by atoms with E-state index in [0.717, 1.165) is 11.1 Å². The fourth-order valence-electron chi connectivity index (χ4n) is 3.52. The molecule has 30 heavy (non-hydrogen) atoms. The lowest BCUT2D eigenvalue weighted by atomic mass is 9.98. The first-order valence-electron chi connectivity index (χ1n) is 9.82. The van der Waals surface area contributed by atoms with Crippen molar-refractivity contribution in [1.29, 1.82) is 0 Å². The molecule has 1 fully saturated rings. The first-order valence-corrected chi connectivity index (χ1v) is 11.4. The number of nitrogens with zero attached hydrogens (tertiary/aromatic N) is 1. The molecule has 0 bridgehead atoms. The fraction of sp³-hybridized carbons (Fsp3) is 0.364. The normalized spacial score (nSPS) is 17.3. The van der Waals surface area contributed by atoms with Gasteiger partial charge in [-0.05, 0) is 55.2 Å². The van der Waals surface area contributed by atoms with Crippen LogP contribution in [0.3, 0.4) is 0 Å². The molecule has 7 nitrogen and oxygen atoms in total. The summed E-state index contributed by atoms with van der Waals surface area (Å²) in [6, 6.07) is 13.8. The van der Waals surface area contributed by atoms with Crippen molar-refractivity contribution >= 4 is 27.6 Å². The van der Waals surface area contributed by atoms with Gasteiger partial charge in [0.1, 0.15) is 0 Å². The topological polar surface area (TPSA) is 92.8 Å². The largest absolute Gasteiger partial charge is 0.465 e. The van der Waals surface area contributed by atoms with Crippen LogP contribution in [0.15, 0.2) is 48.5 Å². The summed E-state index contributed by atoms with van der Waals surface area (Å²) in [5, 5.41) is 2.81. The smallest absolute Gasteiger partial charge is 0.337 e. The standard InChI is InChI=1S/C22H26N2O5S/c1-16-6-3-4-7-19(16)15-30(27,28)24-13-5-8-18(14-24)21(25)23-20-11-9-17(10-12-20)22(26)29-2/h3-4,6-7,9-12,18H,5,8,13-15H2,1-2H3,(H,23,25)/t18-/m0/s1. The van der Waals surface area contributed by atoms with Gasteiger partial charge in [-0.3, -0.25) is 4.79 Å². The average Bonchev–Trinajstić information content (AvgIpc) is 2.75. The number of aryl methyl sites for hydroxylation is 1. The molecule has 3 rings (SSSR count). The summed E-state index contributed by atoms with van der Waals surface area (Å²) in [6.07, 6.45) is 1.26. The Hall–Kier alpha value is -2.71. The highest BCUT2D eigenvalue weighted by Gasteiger charge is 2.32. The highest BCUT2D eigenvalue weighted by Crippen LogP contribution is 2.24. The van der Waals surface area contributed by atoms with E-state index in [-0.39, 0.29) is 18.2 Å². The molecule has 1 saturated heterocycles. The summed E-state index contributed by atoms with van der Waals surface area (Å²) in [6.45, 7) is 2.48. The number of esters is 1. The number of hydrogen-bond acceptors (Lipinski definition) is 5. The van der Waals surface area contributed by atoms with Gasteiger partial charge >= 0.3 is 5.97 Å². The van der Waals surface area contributed by atoms with E-state index < -0.39 is 21.9 Å². The number of amides is 1. The highest BCUT2D eigenvalue weighted by molar-refractivity contribution is 7.88. The van der Waals surface area contributed by atoms with Gasteiger partial charge in [0, 0.05) is 18.8 Å². The Balaban J connectivity index is 1.64. The third-order valence-electron chi connectivity index (χ3n) is 5.32. The van der Waals surface area contributed by atoms with Crippen LogP contribution in [0.2, 0.25) is 0 Å². The van der Waals surface area contributed by atoms with Crippen LogP contribution in [-0.2, 0) is 25.3 Å². The summed E-state index contributed by atoms with van der Waals surface area (Å²) in [4.78, 5) is 24.2. The second kappa shape index (κ2) is 9.40. The quantitative estimate of drug-likeness (QED) is 0.712. The predicted octanol–water partition coefficient (Wildman–Crippen LogP) is 2.96. The van der Waals surface area contributed by atoms with E-state index in [2.05, 4.69) is 10.1 Å². The number of carbonyl (C=O) groups excluding carboxylic acids is 2. The molecule has 0 aliphatic carbocycles. The van der Waals surface area contributed by atoms with Gasteiger partial charge in [0.2, 0.25) is 15.9 Å². The third kappa shape index (κ3) is 5.25. The minimum atomic E-state index is -3.51. The minimum Gasteiger partial charge on any atom is -0.465 e. The van der Waals surface area contributed by atoms with Crippen molar-refractivity contribution in [3.8, 4) is 0 Å². The summed E-state index contributed by atoms with van der Waals surface area (Å²) in [5.74, 6) is -1.17. The molecule has 1 amide bonds. The molecule has 1 heterocycles. The van der Waals surface area contributed by atoms with Gasteiger partial charge in [-0.25, -0.2) is 17.5 Å². The Morgan fingerprint density at radius 2 is 1.83 bits per heavy atom. The number of ether oxygens (including phenoxy) is 1. The van der Waals surface area contributed by atoms with Crippen LogP contribution >= 0.6 is 0 Å². The molecule has 0 spiro atoms.